The van der Waals surface area contributed by atoms with Crippen LogP contribution < -0.4 is 5.73 Å². The van der Waals surface area contributed by atoms with Crippen LogP contribution in [0.15, 0.2) is 24.4 Å². The van der Waals surface area contributed by atoms with Gasteiger partial charge in [-0.3, -0.25) is 4.79 Å². The Balaban J connectivity index is 1.86. The Morgan fingerprint density at radius 3 is 2.71 bits per heavy atom. The van der Waals surface area contributed by atoms with Gasteiger partial charge in [0.15, 0.2) is 0 Å². The Kier molecular flexibility index (Phi) is 3.55. The Morgan fingerprint density at radius 2 is 1.96 bits per heavy atom. The first-order valence-electron chi connectivity index (χ1n) is 9.61. The van der Waals surface area contributed by atoms with Crippen LogP contribution >= 0.6 is 0 Å². The molecule has 3 heterocycles. The fourth-order valence-corrected chi connectivity index (χ4v) is 4.73. The maximum absolute atomic E-state index is 13.2. The number of anilines is 1. The maximum atomic E-state index is 13.2. The number of nitrogen functional groups attached to an aromatic ring is 1. The number of hydrogen-bond donors (Lipinski definition) is 2. The molecule has 1 fully saturated rings. The summed E-state index contributed by atoms with van der Waals surface area (Å²) in [4.78, 5) is 23.5. The van der Waals surface area contributed by atoms with E-state index in [2.05, 4.69) is 9.97 Å². The molecule has 1 saturated carbocycles. The van der Waals surface area contributed by atoms with Crippen molar-refractivity contribution in [3.8, 4) is 11.3 Å². The topological polar surface area (TPSA) is 97.3 Å². The van der Waals surface area contributed by atoms with Crippen molar-refractivity contribution in [3.63, 3.8) is 0 Å². The van der Waals surface area contributed by atoms with Gasteiger partial charge in [0.05, 0.1) is 11.3 Å². The number of carbonyl (C=O) groups is 1. The van der Waals surface area contributed by atoms with Gasteiger partial charge in [-0.25, -0.2) is 9.97 Å². The fourth-order valence-electron chi connectivity index (χ4n) is 4.73. The molecule has 2 aliphatic rings. The van der Waals surface area contributed by atoms with Crippen molar-refractivity contribution in [3.05, 3.63) is 41.2 Å². The third-order valence-corrected chi connectivity index (χ3v) is 6.24. The molecule has 2 aromatic heterocycles. The van der Waals surface area contributed by atoms with Crippen molar-refractivity contribution < 1.29 is 9.90 Å². The molecule has 0 atom stereocenters. The predicted octanol–water partition coefficient (Wildman–Crippen LogP) is 2.56. The smallest absolute Gasteiger partial charge is 0.271 e. The first-order valence-corrected chi connectivity index (χ1v) is 9.61. The summed E-state index contributed by atoms with van der Waals surface area (Å²) >= 11 is 0. The zero-order chi connectivity index (χ0) is 19.6. The molecule has 0 radical (unpaired) electrons. The molecule has 5 rings (SSSR count). The van der Waals surface area contributed by atoms with E-state index < -0.39 is 5.60 Å². The lowest BCUT2D eigenvalue weighted by molar-refractivity contribution is 0.0446. The zero-order valence-electron chi connectivity index (χ0n) is 16.1. The number of nitrogens with two attached hydrogens (primary N) is 1. The molecule has 0 unspecified atom stereocenters. The van der Waals surface area contributed by atoms with Crippen molar-refractivity contribution in [1.82, 2.24) is 19.4 Å². The quantitative estimate of drug-likeness (QED) is 0.679. The van der Waals surface area contributed by atoms with E-state index in [-0.39, 0.29) is 11.9 Å². The summed E-state index contributed by atoms with van der Waals surface area (Å²) in [6.45, 7) is 0.425. The minimum absolute atomic E-state index is 0.0635. The zero-order valence-corrected chi connectivity index (χ0v) is 16.1. The van der Waals surface area contributed by atoms with E-state index in [1.54, 1.807) is 18.1 Å². The molecule has 28 heavy (non-hydrogen) atoms. The summed E-state index contributed by atoms with van der Waals surface area (Å²) in [7, 11) is 3.67. The summed E-state index contributed by atoms with van der Waals surface area (Å²) < 4.78 is 1.92. The molecule has 3 N–H and O–H groups in total. The van der Waals surface area contributed by atoms with Gasteiger partial charge < -0.3 is 20.3 Å². The number of aromatic nitrogens is 3. The van der Waals surface area contributed by atoms with Crippen LogP contribution in [0, 0.1) is 0 Å². The highest BCUT2D eigenvalue weighted by atomic mass is 16.3. The van der Waals surface area contributed by atoms with Crippen LogP contribution in [0.1, 0.15) is 47.3 Å². The van der Waals surface area contributed by atoms with Crippen LogP contribution in [0.3, 0.4) is 0 Å². The number of fused-ring (bicyclic) bond motifs is 5. The van der Waals surface area contributed by atoms with Crippen molar-refractivity contribution in [2.24, 2.45) is 7.05 Å². The molecule has 1 aliphatic carbocycles. The van der Waals surface area contributed by atoms with Gasteiger partial charge in [0.25, 0.3) is 5.91 Å². The lowest BCUT2D eigenvalue weighted by atomic mass is 9.90. The second-order valence-corrected chi connectivity index (χ2v) is 8.02. The summed E-state index contributed by atoms with van der Waals surface area (Å²) in [6, 6.07) is 6.00. The number of aryl methyl sites for hydroxylation is 1. The monoisotopic (exact) mass is 377 g/mol. The average Bonchev–Trinajstić information content (AvgIpc) is 3.22. The summed E-state index contributed by atoms with van der Waals surface area (Å²) in [5.74, 6) is 0.121. The third kappa shape index (κ3) is 2.29. The Morgan fingerprint density at radius 1 is 1.21 bits per heavy atom. The summed E-state index contributed by atoms with van der Waals surface area (Å²) in [5.41, 5.74) is 9.86. The van der Waals surface area contributed by atoms with Gasteiger partial charge >= 0.3 is 0 Å². The molecule has 0 spiro atoms. The lowest BCUT2D eigenvalue weighted by Gasteiger charge is -2.23. The van der Waals surface area contributed by atoms with Crippen LogP contribution in [0.25, 0.3) is 22.2 Å². The SMILES string of the molecule is CN1Cc2cnc(N)nc2-c2c(n(C)c3ccc(C4(O)CCCC4)cc23)C1=O. The average molecular weight is 377 g/mol. The largest absolute Gasteiger partial charge is 0.385 e. The minimum Gasteiger partial charge on any atom is -0.385 e. The van der Waals surface area contributed by atoms with Crippen molar-refractivity contribution in [2.75, 3.05) is 12.8 Å². The Labute approximate surface area is 162 Å². The van der Waals surface area contributed by atoms with E-state index >= 15 is 0 Å². The number of rotatable bonds is 1. The molecule has 3 aromatic rings. The summed E-state index contributed by atoms with van der Waals surface area (Å²) in [6.07, 6.45) is 5.28. The van der Waals surface area contributed by atoms with Crippen LogP contribution in [0.4, 0.5) is 5.95 Å². The van der Waals surface area contributed by atoms with Gasteiger partial charge in [0, 0.05) is 48.9 Å². The van der Waals surface area contributed by atoms with Gasteiger partial charge in [-0.15, -0.1) is 0 Å². The number of hydrogen-bond acceptors (Lipinski definition) is 5. The van der Waals surface area contributed by atoms with Gasteiger partial charge in [-0.05, 0) is 30.5 Å². The van der Waals surface area contributed by atoms with Crippen LogP contribution in [0.2, 0.25) is 0 Å². The Hall–Kier alpha value is -2.93. The summed E-state index contributed by atoms with van der Waals surface area (Å²) in [5, 5.41) is 12.0. The number of nitrogens with zero attached hydrogens (tertiary/aromatic N) is 4. The van der Waals surface area contributed by atoms with Gasteiger partial charge in [-0.1, -0.05) is 18.9 Å². The van der Waals surface area contributed by atoms with Crippen molar-refractivity contribution in [2.45, 2.75) is 37.8 Å². The molecule has 144 valence electrons. The van der Waals surface area contributed by atoms with Crippen LogP contribution in [0.5, 0.6) is 0 Å². The number of amides is 1. The normalized spacial score (nSPS) is 18.2. The minimum atomic E-state index is -0.796. The molecule has 1 amide bonds. The van der Waals surface area contributed by atoms with E-state index in [1.165, 1.54) is 0 Å². The molecular formula is C21H23N5O2. The highest BCUT2D eigenvalue weighted by molar-refractivity contribution is 6.11. The first-order chi connectivity index (χ1) is 13.4. The molecule has 0 saturated heterocycles. The molecule has 1 aliphatic heterocycles. The molecule has 1 aromatic carbocycles. The predicted molar refractivity (Wildman–Crippen MR) is 107 cm³/mol. The second kappa shape index (κ2) is 5.78. The number of benzene rings is 1. The standard InChI is InChI=1S/C21H23N5O2/c1-25-11-12-10-23-20(22)24-17(12)16-14-9-13(21(28)7-3-4-8-21)5-6-15(14)26(2)18(16)19(25)27/h5-6,9-10,28H,3-4,7-8,11H2,1-2H3,(H2,22,23,24). The highest BCUT2D eigenvalue weighted by Gasteiger charge is 2.35. The van der Waals surface area contributed by atoms with Gasteiger partial charge in [-0.2, -0.15) is 0 Å². The fraction of sp³-hybridized carbons (Fsp3) is 0.381. The molecule has 7 heteroatoms. The van der Waals surface area contributed by atoms with Crippen molar-refractivity contribution in [1.29, 1.82) is 0 Å². The first kappa shape index (κ1) is 17.2. The highest BCUT2D eigenvalue weighted by Crippen LogP contribution is 2.43. The van der Waals surface area contributed by atoms with E-state index in [0.29, 0.717) is 17.9 Å². The van der Waals surface area contributed by atoms with Crippen LogP contribution in [-0.4, -0.2) is 37.5 Å². The van der Waals surface area contributed by atoms with E-state index in [9.17, 15) is 9.90 Å². The van der Waals surface area contributed by atoms with E-state index in [4.69, 9.17) is 5.73 Å². The molecular weight excluding hydrogens is 354 g/mol. The second-order valence-electron chi connectivity index (χ2n) is 8.02. The molecule has 0 bridgehead atoms. The third-order valence-electron chi connectivity index (χ3n) is 6.24. The molecule has 7 nitrogen and oxygen atoms in total. The van der Waals surface area contributed by atoms with E-state index in [1.807, 2.05) is 29.8 Å². The number of aliphatic hydroxyl groups is 1. The maximum Gasteiger partial charge on any atom is 0.271 e. The van der Waals surface area contributed by atoms with Gasteiger partial charge in [0.1, 0.15) is 5.69 Å². The number of carbonyl (C=O) groups excluding carboxylic acids is 1. The van der Waals surface area contributed by atoms with Crippen molar-refractivity contribution >= 4 is 22.8 Å². The Bertz CT molecular complexity index is 1130. The lowest BCUT2D eigenvalue weighted by Crippen LogP contribution is -2.26. The van der Waals surface area contributed by atoms with E-state index in [0.717, 1.165) is 53.3 Å². The van der Waals surface area contributed by atoms with Gasteiger partial charge in [0.2, 0.25) is 5.95 Å². The van der Waals surface area contributed by atoms with Crippen LogP contribution in [-0.2, 0) is 19.2 Å².